The molecular formula is C16H27N3OS. The van der Waals surface area contributed by atoms with Crippen molar-refractivity contribution in [3.63, 3.8) is 0 Å². The fraction of sp³-hybridized carbons (Fsp3) is 0.812. The van der Waals surface area contributed by atoms with E-state index in [1.165, 1.54) is 42.9 Å². The molecule has 0 spiro atoms. The summed E-state index contributed by atoms with van der Waals surface area (Å²) in [6.45, 7) is 7.23. The molecule has 4 nitrogen and oxygen atoms in total. The fourth-order valence-corrected chi connectivity index (χ4v) is 3.56. The van der Waals surface area contributed by atoms with Gasteiger partial charge in [-0.2, -0.15) is 0 Å². The fourth-order valence-electron chi connectivity index (χ4n) is 2.83. The Morgan fingerprint density at radius 1 is 1.43 bits per heavy atom. The van der Waals surface area contributed by atoms with Gasteiger partial charge >= 0.3 is 0 Å². The third-order valence-electron chi connectivity index (χ3n) is 4.12. The minimum Gasteiger partial charge on any atom is -0.377 e. The van der Waals surface area contributed by atoms with Gasteiger partial charge in [-0.1, -0.05) is 6.92 Å². The second kappa shape index (κ2) is 7.68. The molecule has 0 radical (unpaired) electrons. The summed E-state index contributed by atoms with van der Waals surface area (Å²) in [5.41, 5.74) is 1.23. The quantitative estimate of drug-likeness (QED) is 0.801. The van der Waals surface area contributed by atoms with Gasteiger partial charge in [0.1, 0.15) is 5.01 Å². The number of nitrogens with one attached hydrogen (secondary N) is 1. The second-order valence-corrected chi connectivity index (χ2v) is 7.20. The zero-order valence-electron chi connectivity index (χ0n) is 13.0. The number of nitrogens with zero attached hydrogens (tertiary/aromatic N) is 2. The van der Waals surface area contributed by atoms with E-state index in [0.29, 0.717) is 6.10 Å². The van der Waals surface area contributed by atoms with Crippen LogP contribution in [0.4, 0.5) is 0 Å². The Morgan fingerprint density at radius 3 is 3.14 bits per heavy atom. The van der Waals surface area contributed by atoms with E-state index >= 15 is 0 Å². The monoisotopic (exact) mass is 309 g/mol. The van der Waals surface area contributed by atoms with Crippen LogP contribution in [-0.2, 0) is 17.8 Å². The van der Waals surface area contributed by atoms with E-state index in [1.807, 2.05) is 0 Å². The molecule has 1 saturated heterocycles. The highest BCUT2D eigenvalue weighted by molar-refractivity contribution is 7.09. The zero-order valence-corrected chi connectivity index (χ0v) is 13.8. The van der Waals surface area contributed by atoms with E-state index in [9.17, 15) is 0 Å². The van der Waals surface area contributed by atoms with E-state index in [0.717, 1.165) is 38.7 Å². The van der Waals surface area contributed by atoms with Crippen molar-refractivity contribution in [2.24, 2.45) is 0 Å². The van der Waals surface area contributed by atoms with Gasteiger partial charge in [0.25, 0.3) is 0 Å². The van der Waals surface area contributed by atoms with E-state index < -0.39 is 0 Å². The second-order valence-electron chi connectivity index (χ2n) is 6.26. The lowest BCUT2D eigenvalue weighted by Crippen LogP contribution is -2.39. The normalized spacial score (nSPS) is 23.6. The van der Waals surface area contributed by atoms with Crippen LogP contribution in [0, 0.1) is 0 Å². The summed E-state index contributed by atoms with van der Waals surface area (Å²) in [7, 11) is 0. The van der Waals surface area contributed by atoms with E-state index in [4.69, 9.17) is 9.72 Å². The largest absolute Gasteiger partial charge is 0.377 e. The summed E-state index contributed by atoms with van der Waals surface area (Å²) >= 11 is 1.79. The number of ether oxygens (including phenoxy) is 1. The highest BCUT2D eigenvalue weighted by Gasteiger charge is 2.22. The molecule has 5 heteroatoms. The lowest BCUT2D eigenvalue weighted by Gasteiger charge is -2.32. The molecule has 0 bridgehead atoms. The Balaban J connectivity index is 1.44. The third-order valence-corrected chi connectivity index (χ3v) is 5.02. The van der Waals surface area contributed by atoms with Crippen molar-refractivity contribution >= 4 is 11.3 Å². The average Bonchev–Trinajstić information content (AvgIpc) is 3.23. The molecule has 21 heavy (non-hydrogen) atoms. The number of thiazole rings is 1. The molecule has 2 aliphatic rings. The first-order valence-corrected chi connectivity index (χ1v) is 9.22. The lowest BCUT2D eigenvalue weighted by molar-refractivity contribution is -0.00248. The van der Waals surface area contributed by atoms with Crippen LogP contribution < -0.4 is 5.32 Å². The summed E-state index contributed by atoms with van der Waals surface area (Å²) in [4.78, 5) is 7.26. The van der Waals surface area contributed by atoms with Crippen molar-refractivity contribution in [2.45, 2.75) is 64.3 Å². The highest BCUT2D eigenvalue weighted by Crippen LogP contribution is 2.21. The standard InChI is InChI=1S/C16H27N3OS/c1-2-8-20-15-4-3-7-19(11-15)10-14-12-21-16(18-14)9-17-13-5-6-13/h12-13,15,17H,2-11H2,1H3. The Bertz CT molecular complexity index is 433. The maximum Gasteiger partial charge on any atom is 0.107 e. The summed E-state index contributed by atoms with van der Waals surface area (Å²) < 4.78 is 5.91. The van der Waals surface area contributed by atoms with E-state index in [-0.39, 0.29) is 0 Å². The summed E-state index contributed by atoms with van der Waals surface area (Å²) in [6, 6.07) is 0.760. The van der Waals surface area contributed by atoms with Crippen molar-refractivity contribution in [1.29, 1.82) is 0 Å². The molecule has 1 N–H and O–H groups in total. The molecule has 2 heterocycles. The number of hydrogen-bond acceptors (Lipinski definition) is 5. The lowest BCUT2D eigenvalue weighted by atomic mass is 10.1. The molecule has 1 atom stereocenters. The SMILES string of the molecule is CCCOC1CCCN(Cc2csc(CNC3CC3)n2)C1. The van der Waals surface area contributed by atoms with Crippen molar-refractivity contribution in [2.75, 3.05) is 19.7 Å². The predicted octanol–water partition coefficient (Wildman–Crippen LogP) is 2.79. The van der Waals surface area contributed by atoms with Gasteiger partial charge in [-0.15, -0.1) is 11.3 Å². The topological polar surface area (TPSA) is 37.4 Å². The molecule has 1 saturated carbocycles. The van der Waals surface area contributed by atoms with Gasteiger partial charge in [0, 0.05) is 37.7 Å². The Hall–Kier alpha value is -0.490. The zero-order chi connectivity index (χ0) is 14.5. The Labute approximate surface area is 131 Å². The number of aromatic nitrogens is 1. The Morgan fingerprint density at radius 2 is 2.33 bits per heavy atom. The van der Waals surface area contributed by atoms with Gasteiger partial charge in [-0.25, -0.2) is 4.98 Å². The third kappa shape index (κ3) is 5.02. The van der Waals surface area contributed by atoms with Crippen molar-refractivity contribution in [3.05, 3.63) is 16.1 Å². The maximum absolute atomic E-state index is 5.91. The molecule has 118 valence electrons. The molecular weight excluding hydrogens is 282 g/mol. The molecule has 1 aromatic rings. The first-order chi connectivity index (χ1) is 10.3. The smallest absolute Gasteiger partial charge is 0.107 e. The predicted molar refractivity (Wildman–Crippen MR) is 86.5 cm³/mol. The minimum absolute atomic E-state index is 0.424. The summed E-state index contributed by atoms with van der Waals surface area (Å²) in [5, 5.41) is 6.99. The molecule has 0 amide bonds. The van der Waals surface area contributed by atoms with Crippen LogP contribution >= 0.6 is 11.3 Å². The maximum atomic E-state index is 5.91. The number of piperidine rings is 1. The van der Waals surface area contributed by atoms with Gasteiger partial charge < -0.3 is 10.1 Å². The van der Waals surface area contributed by atoms with Gasteiger partial charge in [-0.3, -0.25) is 4.90 Å². The average molecular weight is 309 g/mol. The molecule has 0 aromatic carbocycles. The van der Waals surface area contributed by atoms with Gasteiger partial charge in [0.15, 0.2) is 0 Å². The van der Waals surface area contributed by atoms with Gasteiger partial charge in [0.2, 0.25) is 0 Å². The van der Waals surface area contributed by atoms with Crippen LogP contribution in [0.15, 0.2) is 5.38 Å². The highest BCUT2D eigenvalue weighted by atomic mass is 32.1. The first-order valence-electron chi connectivity index (χ1n) is 8.34. The molecule has 3 rings (SSSR count). The molecule has 2 fully saturated rings. The van der Waals surface area contributed by atoms with Crippen LogP contribution in [0.3, 0.4) is 0 Å². The first kappa shape index (κ1) is 15.4. The van der Waals surface area contributed by atoms with Gasteiger partial charge in [0.05, 0.1) is 11.8 Å². The van der Waals surface area contributed by atoms with Crippen LogP contribution in [-0.4, -0.2) is 41.7 Å². The van der Waals surface area contributed by atoms with Crippen LogP contribution in [0.2, 0.25) is 0 Å². The molecule has 1 aliphatic heterocycles. The number of rotatable bonds is 8. The Kier molecular flexibility index (Phi) is 5.63. The number of hydrogen-bond donors (Lipinski definition) is 1. The van der Waals surface area contributed by atoms with Gasteiger partial charge in [-0.05, 0) is 38.6 Å². The van der Waals surface area contributed by atoms with Crippen molar-refractivity contribution < 1.29 is 4.74 Å². The van der Waals surface area contributed by atoms with E-state index in [2.05, 4.69) is 22.5 Å². The van der Waals surface area contributed by atoms with Crippen LogP contribution in [0.1, 0.15) is 49.7 Å². The molecule has 1 unspecified atom stereocenters. The summed E-state index contributed by atoms with van der Waals surface area (Å²) in [6.07, 6.45) is 6.67. The van der Waals surface area contributed by atoms with E-state index in [1.54, 1.807) is 11.3 Å². The minimum atomic E-state index is 0.424. The van der Waals surface area contributed by atoms with Crippen LogP contribution in [0.5, 0.6) is 0 Å². The summed E-state index contributed by atoms with van der Waals surface area (Å²) in [5.74, 6) is 0. The molecule has 1 aromatic heterocycles. The van der Waals surface area contributed by atoms with Crippen molar-refractivity contribution in [1.82, 2.24) is 15.2 Å². The number of likely N-dealkylation sites (tertiary alicyclic amines) is 1. The van der Waals surface area contributed by atoms with Crippen molar-refractivity contribution in [3.8, 4) is 0 Å². The molecule has 1 aliphatic carbocycles. The van der Waals surface area contributed by atoms with Crippen LogP contribution in [0.25, 0.3) is 0 Å².